The summed E-state index contributed by atoms with van der Waals surface area (Å²) >= 11 is 5.08. The number of methoxy groups -OCH3 is 1. The highest BCUT2D eigenvalue weighted by atomic mass is 32.1. The summed E-state index contributed by atoms with van der Waals surface area (Å²) in [5.74, 6) is 0.591. The van der Waals surface area contributed by atoms with Gasteiger partial charge in [-0.25, -0.2) is 0 Å². The van der Waals surface area contributed by atoms with Crippen LogP contribution in [0.3, 0.4) is 0 Å². The molecular formula is C20H20F3N3OS. The van der Waals surface area contributed by atoms with Crippen LogP contribution < -0.4 is 16.2 Å². The number of nitrogen functional groups attached to an aromatic ring is 1. The van der Waals surface area contributed by atoms with Crippen LogP contribution in [0.5, 0.6) is 5.75 Å². The van der Waals surface area contributed by atoms with Crippen LogP contribution in [0.25, 0.3) is 22.0 Å². The van der Waals surface area contributed by atoms with Crippen LogP contribution in [-0.4, -0.2) is 22.8 Å². The maximum atomic E-state index is 12.5. The number of nitrogens with zero attached hydrogens (tertiary/aromatic N) is 1. The summed E-state index contributed by atoms with van der Waals surface area (Å²) in [6, 6.07) is 10.8. The van der Waals surface area contributed by atoms with E-state index in [-0.39, 0.29) is 18.0 Å². The molecule has 0 aliphatic heterocycles. The lowest BCUT2D eigenvalue weighted by Crippen LogP contribution is -2.09. The van der Waals surface area contributed by atoms with Gasteiger partial charge in [0.25, 0.3) is 0 Å². The Hall–Kier alpha value is -2.74. The second kappa shape index (κ2) is 7.71. The Kier molecular flexibility index (Phi) is 5.51. The zero-order valence-corrected chi connectivity index (χ0v) is 16.0. The third-order valence-electron chi connectivity index (χ3n) is 4.50. The molecule has 0 aliphatic carbocycles. The number of ether oxygens (including phenoxy) is 1. The lowest BCUT2D eigenvalue weighted by Gasteiger charge is -2.08. The van der Waals surface area contributed by atoms with E-state index >= 15 is 0 Å². The van der Waals surface area contributed by atoms with Gasteiger partial charge >= 0.3 is 6.18 Å². The zero-order valence-electron chi connectivity index (χ0n) is 15.2. The maximum absolute atomic E-state index is 12.5. The number of hydrogen-bond acceptors (Lipinski definition) is 3. The van der Waals surface area contributed by atoms with Crippen molar-refractivity contribution in [2.24, 2.45) is 5.73 Å². The normalized spacial score (nSPS) is 11.7. The van der Waals surface area contributed by atoms with Gasteiger partial charge in [0.2, 0.25) is 0 Å². The summed E-state index contributed by atoms with van der Waals surface area (Å²) in [7, 11) is 1.55. The standard InChI is InChI=1S/C20H20F3N3OS/c1-27-15-8-12(7-13(9-15)19(25)28)17-11-26(6-2-5-20(21,22)23)18-10-14(24)3-4-16(17)18/h3-4,7-11H,2,5-6,24H2,1H3,(H2,25,28). The van der Waals surface area contributed by atoms with Crippen molar-refractivity contribution in [2.45, 2.75) is 25.6 Å². The molecule has 0 saturated carbocycles. The number of nitrogens with two attached hydrogens (primary N) is 2. The Morgan fingerprint density at radius 2 is 1.93 bits per heavy atom. The molecule has 1 aromatic heterocycles. The molecule has 4 nitrogen and oxygen atoms in total. The van der Waals surface area contributed by atoms with Gasteiger partial charge in [-0.15, -0.1) is 0 Å². The minimum atomic E-state index is -4.18. The number of alkyl halides is 3. The number of thiocarbonyl (C=S) groups is 1. The quantitative estimate of drug-likeness (QED) is 0.452. The Balaban J connectivity index is 2.09. The van der Waals surface area contributed by atoms with Crippen LogP contribution in [-0.2, 0) is 6.54 Å². The summed E-state index contributed by atoms with van der Waals surface area (Å²) in [4.78, 5) is 0.235. The summed E-state index contributed by atoms with van der Waals surface area (Å²) in [6.07, 6.45) is -3.20. The molecule has 3 rings (SSSR count). The SMILES string of the molecule is COc1cc(C(N)=S)cc(-c2cn(CCCC(F)(F)F)c3cc(N)ccc23)c1. The monoisotopic (exact) mass is 407 g/mol. The first-order valence-electron chi connectivity index (χ1n) is 8.62. The van der Waals surface area contributed by atoms with Crippen LogP contribution in [0, 0.1) is 0 Å². The van der Waals surface area contributed by atoms with Gasteiger partial charge in [0, 0.05) is 41.4 Å². The molecule has 2 aromatic carbocycles. The largest absolute Gasteiger partial charge is 0.497 e. The minimum Gasteiger partial charge on any atom is -0.497 e. The molecule has 28 heavy (non-hydrogen) atoms. The molecule has 1 heterocycles. The first-order valence-corrected chi connectivity index (χ1v) is 9.03. The molecular weight excluding hydrogens is 387 g/mol. The third-order valence-corrected chi connectivity index (χ3v) is 4.74. The number of benzene rings is 2. The van der Waals surface area contributed by atoms with E-state index in [0.717, 1.165) is 22.0 Å². The first-order chi connectivity index (χ1) is 13.2. The zero-order chi connectivity index (χ0) is 20.5. The van der Waals surface area contributed by atoms with Crippen LogP contribution in [0.4, 0.5) is 18.9 Å². The van der Waals surface area contributed by atoms with Crippen LogP contribution in [0.2, 0.25) is 0 Å². The van der Waals surface area contributed by atoms with E-state index < -0.39 is 12.6 Å². The van der Waals surface area contributed by atoms with Gasteiger partial charge in [-0.3, -0.25) is 0 Å². The van der Waals surface area contributed by atoms with E-state index in [9.17, 15) is 13.2 Å². The van der Waals surface area contributed by atoms with Crippen molar-refractivity contribution in [1.29, 1.82) is 0 Å². The lowest BCUT2D eigenvalue weighted by molar-refractivity contribution is -0.135. The molecule has 0 amide bonds. The van der Waals surface area contributed by atoms with Crippen molar-refractivity contribution in [3.63, 3.8) is 0 Å². The van der Waals surface area contributed by atoms with E-state index in [4.69, 9.17) is 28.4 Å². The van der Waals surface area contributed by atoms with Crippen molar-refractivity contribution < 1.29 is 17.9 Å². The highest BCUT2D eigenvalue weighted by Crippen LogP contribution is 2.35. The van der Waals surface area contributed by atoms with Crippen LogP contribution in [0.15, 0.2) is 42.6 Å². The van der Waals surface area contributed by atoms with E-state index in [1.807, 2.05) is 24.4 Å². The van der Waals surface area contributed by atoms with Crippen molar-refractivity contribution in [1.82, 2.24) is 4.57 Å². The number of hydrogen-bond donors (Lipinski definition) is 2. The second-order valence-electron chi connectivity index (χ2n) is 6.55. The molecule has 0 unspecified atom stereocenters. The molecule has 0 fully saturated rings. The highest BCUT2D eigenvalue weighted by molar-refractivity contribution is 7.80. The van der Waals surface area contributed by atoms with Crippen molar-refractivity contribution in [2.75, 3.05) is 12.8 Å². The average Bonchev–Trinajstić information content (AvgIpc) is 2.98. The Labute approximate surface area is 165 Å². The van der Waals surface area contributed by atoms with Gasteiger partial charge in [0.1, 0.15) is 10.7 Å². The molecule has 8 heteroatoms. The van der Waals surface area contributed by atoms with E-state index in [1.54, 1.807) is 29.9 Å². The van der Waals surface area contributed by atoms with Crippen LogP contribution in [0.1, 0.15) is 18.4 Å². The molecule has 148 valence electrons. The fourth-order valence-electron chi connectivity index (χ4n) is 3.19. The number of halogens is 3. The second-order valence-corrected chi connectivity index (χ2v) is 6.99. The van der Waals surface area contributed by atoms with Crippen molar-refractivity contribution >= 4 is 33.8 Å². The number of fused-ring (bicyclic) bond motifs is 1. The minimum absolute atomic E-state index is 0.0161. The number of aromatic nitrogens is 1. The van der Waals surface area contributed by atoms with E-state index in [1.165, 1.54) is 0 Å². The maximum Gasteiger partial charge on any atom is 0.389 e. The lowest BCUT2D eigenvalue weighted by atomic mass is 10.0. The molecule has 0 aliphatic rings. The summed E-state index contributed by atoms with van der Waals surface area (Å²) < 4.78 is 44.8. The predicted octanol–water partition coefficient (Wildman–Crippen LogP) is 4.88. The third kappa shape index (κ3) is 4.39. The van der Waals surface area contributed by atoms with Gasteiger partial charge in [-0.1, -0.05) is 18.3 Å². The fraction of sp³-hybridized carbons (Fsp3) is 0.250. The number of aryl methyl sites for hydroxylation is 1. The Morgan fingerprint density at radius 1 is 1.18 bits per heavy atom. The van der Waals surface area contributed by atoms with Gasteiger partial charge < -0.3 is 20.8 Å². The molecule has 0 atom stereocenters. The van der Waals surface area contributed by atoms with E-state index in [0.29, 0.717) is 17.0 Å². The number of rotatable bonds is 6. The van der Waals surface area contributed by atoms with Crippen LogP contribution >= 0.6 is 12.2 Å². The molecule has 0 bridgehead atoms. The van der Waals surface area contributed by atoms with Gasteiger partial charge in [0.15, 0.2) is 0 Å². The molecule has 0 saturated heterocycles. The molecule has 3 aromatic rings. The number of anilines is 1. The molecule has 4 N–H and O–H groups in total. The van der Waals surface area contributed by atoms with E-state index in [2.05, 4.69) is 0 Å². The van der Waals surface area contributed by atoms with Crippen molar-refractivity contribution in [3.8, 4) is 16.9 Å². The Bertz CT molecular complexity index is 1030. The van der Waals surface area contributed by atoms with Gasteiger partial charge in [0.05, 0.1) is 12.6 Å². The topological polar surface area (TPSA) is 66.2 Å². The van der Waals surface area contributed by atoms with Crippen molar-refractivity contribution in [3.05, 3.63) is 48.2 Å². The summed E-state index contributed by atoms with van der Waals surface area (Å²) in [6.45, 7) is 0.228. The Morgan fingerprint density at radius 3 is 2.57 bits per heavy atom. The predicted molar refractivity (Wildman–Crippen MR) is 110 cm³/mol. The first kappa shape index (κ1) is 20.0. The highest BCUT2D eigenvalue weighted by Gasteiger charge is 2.26. The average molecular weight is 407 g/mol. The fourth-order valence-corrected chi connectivity index (χ4v) is 3.31. The smallest absolute Gasteiger partial charge is 0.389 e. The summed E-state index contributed by atoms with van der Waals surface area (Å²) in [5.41, 5.74) is 15.3. The van der Waals surface area contributed by atoms with Gasteiger partial charge in [-0.2, -0.15) is 13.2 Å². The van der Waals surface area contributed by atoms with Gasteiger partial charge in [-0.05, 0) is 42.3 Å². The molecule has 0 spiro atoms. The molecule has 0 radical (unpaired) electrons. The summed E-state index contributed by atoms with van der Waals surface area (Å²) in [5, 5.41) is 0.878.